The molecule has 0 aliphatic carbocycles. The van der Waals surface area contributed by atoms with Gasteiger partial charge in [0.25, 0.3) is 0 Å². The molecular weight excluding hydrogens is 148 g/mol. The van der Waals surface area contributed by atoms with Crippen LogP contribution < -0.4 is 5.32 Å². The van der Waals surface area contributed by atoms with Crippen LogP contribution in [0.15, 0.2) is 43.1 Å². The molecule has 0 unspecified atom stereocenters. The summed E-state index contributed by atoms with van der Waals surface area (Å²) in [7, 11) is 1.87. The molecule has 0 saturated heterocycles. The van der Waals surface area contributed by atoms with Gasteiger partial charge in [0, 0.05) is 13.2 Å². The molecule has 1 heterocycles. The Morgan fingerprint density at radius 3 is 2.92 bits per heavy atom. The summed E-state index contributed by atoms with van der Waals surface area (Å²) in [6.07, 6.45) is 5.40. The predicted molar refractivity (Wildman–Crippen MR) is 51.5 cm³/mol. The summed E-state index contributed by atoms with van der Waals surface area (Å²) in [5, 5.41) is 3.05. The molecule has 0 aliphatic heterocycles. The van der Waals surface area contributed by atoms with Crippen molar-refractivity contribution >= 4 is 5.70 Å². The lowest BCUT2D eigenvalue weighted by atomic mass is 10.2. The molecule has 0 aromatic carbocycles. The van der Waals surface area contributed by atoms with E-state index < -0.39 is 0 Å². The second-order valence-electron chi connectivity index (χ2n) is 2.28. The number of nitrogens with one attached hydrogen (secondary N) is 1. The van der Waals surface area contributed by atoms with Gasteiger partial charge in [-0.2, -0.15) is 0 Å². The first-order chi connectivity index (χ1) is 5.88. The van der Waals surface area contributed by atoms with Gasteiger partial charge in [0.2, 0.25) is 0 Å². The molecule has 1 N–H and O–H groups in total. The van der Waals surface area contributed by atoms with E-state index in [1.807, 2.05) is 31.3 Å². The van der Waals surface area contributed by atoms with Crippen molar-refractivity contribution in [1.82, 2.24) is 10.3 Å². The van der Waals surface area contributed by atoms with Gasteiger partial charge in [0.15, 0.2) is 0 Å². The summed E-state index contributed by atoms with van der Waals surface area (Å²) in [5.74, 6) is 0. The third kappa shape index (κ3) is 1.95. The molecule has 0 radical (unpaired) electrons. The highest BCUT2D eigenvalue weighted by atomic mass is 14.9. The summed E-state index contributed by atoms with van der Waals surface area (Å²) in [6.45, 7) is 3.63. The van der Waals surface area contributed by atoms with Gasteiger partial charge >= 0.3 is 0 Å². The molecule has 62 valence electrons. The van der Waals surface area contributed by atoms with E-state index in [2.05, 4.69) is 16.9 Å². The first-order valence-corrected chi connectivity index (χ1v) is 3.80. The Bertz CT molecular complexity index is 275. The highest BCUT2D eigenvalue weighted by Gasteiger charge is 1.95. The fourth-order valence-corrected chi connectivity index (χ4v) is 0.937. The van der Waals surface area contributed by atoms with Crippen molar-refractivity contribution in [2.75, 3.05) is 7.05 Å². The number of hydrogen-bond donors (Lipinski definition) is 1. The smallest absolute Gasteiger partial charge is 0.0860 e. The molecule has 12 heavy (non-hydrogen) atoms. The Kier molecular flexibility index (Phi) is 3.08. The SMILES string of the molecule is C=CC=C(NC)c1ccccn1. The molecule has 1 aromatic heterocycles. The van der Waals surface area contributed by atoms with Crippen LogP contribution in [0.4, 0.5) is 0 Å². The van der Waals surface area contributed by atoms with E-state index in [1.54, 1.807) is 12.3 Å². The molecule has 0 aliphatic rings. The van der Waals surface area contributed by atoms with E-state index in [0.717, 1.165) is 11.4 Å². The standard InChI is InChI=1S/C10H12N2/c1-3-6-9(11-2)10-7-4-5-8-12-10/h3-8,11H,1H2,2H3. The third-order valence-electron chi connectivity index (χ3n) is 1.49. The van der Waals surface area contributed by atoms with Crippen molar-refractivity contribution in [1.29, 1.82) is 0 Å². The van der Waals surface area contributed by atoms with E-state index >= 15 is 0 Å². The summed E-state index contributed by atoms with van der Waals surface area (Å²) in [4.78, 5) is 4.19. The zero-order valence-electron chi connectivity index (χ0n) is 7.12. The van der Waals surface area contributed by atoms with E-state index in [9.17, 15) is 0 Å². The maximum atomic E-state index is 4.19. The van der Waals surface area contributed by atoms with Gasteiger partial charge in [-0.05, 0) is 18.2 Å². The van der Waals surface area contributed by atoms with Crippen LogP contribution in [0.25, 0.3) is 5.70 Å². The maximum absolute atomic E-state index is 4.19. The van der Waals surface area contributed by atoms with E-state index in [-0.39, 0.29) is 0 Å². The van der Waals surface area contributed by atoms with E-state index in [4.69, 9.17) is 0 Å². The monoisotopic (exact) mass is 160 g/mol. The van der Waals surface area contributed by atoms with Gasteiger partial charge in [0.1, 0.15) is 0 Å². The lowest BCUT2D eigenvalue weighted by Crippen LogP contribution is -2.05. The van der Waals surface area contributed by atoms with Gasteiger partial charge in [-0.25, -0.2) is 0 Å². The summed E-state index contributed by atoms with van der Waals surface area (Å²) < 4.78 is 0. The lowest BCUT2D eigenvalue weighted by Gasteiger charge is -2.03. The molecule has 2 heteroatoms. The minimum atomic E-state index is 0.930. The predicted octanol–water partition coefficient (Wildman–Crippen LogP) is 1.83. The summed E-state index contributed by atoms with van der Waals surface area (Å²) >= 11 is 0. The zero-order valence-corrected chi connectivity index (χ0v) is 7.12. The van der Waals surface area contributed by atoms with Crippen LogP contribution >= 0.6 is 0 Å². The van der Waals surface area contributed by atoms with Crippen molar-refractivity contribution in [3.63, 3.8) is 0 Å². The van der Waals surface area contributed by atoms with Crippen LogP contribution in [0.3, 0.4) is 0 Å². The molecule has 1 aromatic rings. The van der Waals surface area contributed by atoms with E-state index in [0.29, 0.717) is 0 Å². The average Bonchev–Trinajstić information content (AvgIpc) is 2.15. The van der Waals surface area contributed by atoms with Crippen LogP contribution in [-0.4, -0.2) is 12.0 Å². The number of aromatic nitrogens is 1. The highest BCUT2D eigenvalue weighted by molar-refractivity contribution is 5.61. The van der Waals surface area contributed by atoms with Gasteiger partial charge in [-0.3, -0.25) is 4.98 Å². The molecule has 1 rings (SSSR count). The second-order valence-corrected chi connectivity index (χ2v) is 2.28. The van der Waals surface area contributed by atoms with Crippen molar-refractivity contribution in [3.8, 4) is 0 Å². The topological polar surface area (TPSA) is 24.9 Å². The normalized spacial score (nSPS) is 10.9. The maximum Gasteiger partial charge on any atom is 0.0860 e. The first kappa shape index (κ1) is 8.53. The number of rotatable bonds is 3. The zero-order chi connectivity index (χ0) is 8.81. The Morgan fingerprint density at radius 2 is 2.42 bits per heavy atom. The number of hydrogen-bond acceptors (Lipinski definition) is 2. The van der Waals surface area contributed by atoms with Crippen LogP contribution in [0, 0.1) is 0 Å². The quantitative estimate of drug-likeness (QED) is 0.682. The van der Waals surface area contributed by atoms with Crippen molar-refractivity contribution in [2.45, 2.75) is 0 Å². The molecular formula is C10H12N2. The van der Waals surface area contributed by atoms with Crippen molar-refractivity contribution < 1.29 is 0 Å². The Balaban J connectivity index is 2.95. The average molecular weight is 160 g/mol. The van der Waals surface area contributed by atoms with Crippen LogP contribution in [-0.2, 0) is 0 Å². The van der Waals surface area contributed by atoms with Crippen LogP contribution in [0.2, 0.25) is 0 Å². The number of pyridine rings is 1. The highest BCUT2D eigenvalue weighted by Crippen LogP contribution is 2.05. The van der Waals surface area contributed by atoms with Crippen LogP contribution in [0.1, 0.15) is 5.69 Å². The molecule has 0 saturated carbocycles. The summed E-state index contributed by atoms with van der Waals surface area (Å²) in [6, 6.07) is 5.80. The van der Waals surface area contributed by atoms with Gasteiger partial charge < -0.3 is 5.32 Å². The van der Waals surface area contributed by atoms with Crippen LogP contribution in [0.5, 0.6) is 0 Å². The van der Waals surface area contributed by atoms with Gasteiger partial charge in [-0.15, -0.1) is 0 Å². The Labute approximate surface area is 72.6 Å². The number of allylic oxidation sites excluding steroid dienone is 2. The van der Waals surface area contributed by atoms with E-state index in [1.165, 1.54) is 0 Å². The third-order valence-corrected chi connectivity index (χ3v) is 1.49. The Hall–Kier alpha value is -1.57. The van der Waals surface area contributed by atoms with Crippen molar-refractivity contribution in [3.05, 3.63) is 48.8 Å². The minimum absolute atomic E-state index is 0.930. The molecule has 0 spiro atoms. The van der Waals surface area contributed by atoms with Gasteiger partial charge in [0.05, 0.1) is 11.4 Å². The lowest BCUT2D eigenvalue weighted by molar-refractivity contribution is 1.09. The second kappa shape index (κ2) is 4.34. The molecule has 0 atom stereocenters. The molecule has 0 bridgehead atoms. The molecule has 0 fully saturated rings. The summed E-state index contributed by atoms with van der Waals surface area (Å²) in [5.41, 5.74) is 1.91. The molecule has 2 nitrogen and oxygen atoms in total. The largest absolute Gasteiger partial charge is 0.386 e. The van der Waals surface area contributed by atoms with Crippen molar-refractivity contribution in [2.24, 2.45) is 0 Å². The molecule has 0 amide bonds. The fraction of sp³-hybridized carbons (Fsp3) is 0.100. The number of nitrogens with zero attached hydrogens (tertiary/aromatic N) is 1. The Morgan fingerprint density at radius 1 is 1.58 bits per heavy atom. The van der Waals surface area contributed by atoms with Gasteiger partial charge in [-0.1, -0.05) is 18.7 Å². The first-order valence-electron chi connectivity index (χ1n) is 3.80. The minimum Gasteiger partial charge on any atom is -0.386 e. The fourth-order valence-electron chi connectivity index (χ4n) is 0.937.